The molecule has 0 rings (SSSR count). The summed E-state index contributed by atoms with van der Waals surface area (Å²) in [6.07, 6.45) is 1.03. The van der Waals surface area contributed by atoms with Gasteiger partial charge in [0.15, 0.2) is 0 Å². The molecule has 3 N–H and O–H groups in total. The molecule has 0 aromatic heterocycles. The molecule has 0 aromatic carbocycles. The van der Waals surface area contributed by atoms with E-state index < -0.39 is 0 Å². The molecular formula is C8H19NO. The molecule has 0 radical (unpaired) electrons. The number of hydrogen-bond donors (Lipinski definition) is 2. The molecule has 0 aliphatic rings. The second-order valence-electron chi connectivity index (χ2n) is 3.30. The number of nitrogens with two attached hydrogens (primary N) is 1. The Morgan fingerprint density at radius 2 is 2.10 bits per heavy atom. The highest BCUT2D eigenvalue weighted by atomic mass is 16.3. The highest BCUT2D eigenvalue weighted by molar-refractivity contribution is 4.78. The third-order valence-corrected chi connectivity index (χ3v) is 2.74. The molecule has 10 heavy (non-hydrogen) atoms. The molecule has 0 bridgehead atoms. The average molecular weight is 145 g/mol. The van der Waals surface area contributed by atoms with Gasteiger partial charge in [-0.15, -0.1) is 0 Å². The lowest BCUT2D eigenvalue weighted by atomic mass is 9.76. The molecule has 0 aromatic rings. The average Bonchev–Trinajstić information content (AvgIpc) is 2.01. The van der Waals surface area contributed by atoms with Crippen molar-refractivity contribution in [2.75, 3.05) is 13.2 Å². The predicted molar refractivity (Wildman–Crippen MR) is 43.7 cm³/mol. The van der Waals surface area contributed by atoms with Crippen molar-refractivity contribution in [2.45, 2.75) is 27.2 Å². The van der Waals surface area contributed by atoms with Gasteiger partial charge >= 0.3 is 0 Å². The van der Waals surface area contributed by atoms with E-state index in [-0.39, 0.29) is 12.0 Å². The van der Waals surface area contributed by atoms with E-state index in [2.05, 4.69) is 13.8 Å². The fraction of sp³-hybridized carbons (Fsp3) is 1.00. The molecule has 2 heteroatoms. The van der Waals surface area contributed by atoms with E-state index in [4.69, 9.17) is 10.8 Å². The first-order chi connectivity index (χ1) is 4.60. The second kappa shape index (κ2) is 3.94. The van der Waals surface area contributed by atoms with Crippen LogP contribution in [0.5, 0.6) is 0 Å². The van der Waals surface area contributed by atoms with Crippen molar-refractivity contribution in [1.29, 1.82) is 0 Å². The molecule has 0 saturated heterocycles. The highest BCUT2D eigenvalue weighted by Gasteiger charge is 2.26. The van der Waals surface area contributed by atoms with Gasteiger partial charge in [0.2, 0.25) is 0 Å². The molecule has 62 valence electrons. The van der Waals surface area contributed by atoms with E-state index in [1.54, 1.807) is 0 Å². The van der Waals surface area contributed by atoms with Crippen molar-refractivity contribution in [2.24, 2.45) is 17.1 Å². The third-order valence-electron chi connectivity index (χ3n) is 2.74. The van der Waals surface area contributed by atoms with Crippen molar-refractivity contribution >= 4 is 0 Å². The van der Waals surface area contributed by atoms with E-state index in [1.165, 1.54) is 0 Å². The van der Waals surface area contributed by atoms with E-state index in [0.29, 0.717) is 12.5 Å². The summed E-state index contributed by atoms with van der Waals surface area (Å²) >= 11 is 0. The lowest BCUT2D eigenvalue weighted by Gasteiger charge is -2.32. The molecule has 0 heterocycles. The van der Waals surface area contributed by atoms with Crippen molar-refractivity contribution in [3.8, 4) is 0 Å². The van der Waals surface area contributed by atoms with Crippen LogP contribution in [0.2, 0.25) is 0 Å². The fourth-order valence-corrected chi connectivity index (χ4v) is 0.914. The Balaban J connectivity index is 4.02. The minimum absolute atomic E-state index is 0.120. The summed E-state index contributed by atoms with van der Waals surface area (Å²) in [6, 6.07) is 0. The summed E-state index contributed by atoms with van der Waals surface area (Å²) < 4.78 is 0. The van der Waals surface area contributed by atoms with Crippen LogP contribution >= 0.6 is 0 Å². The Morgan fingerprint density at radius 3 is 2.20 bits per heavy atom. The molecule has 0 spiro atoms. The SMILES string of the molecule is CCC(C)(CN)C(C)CO. The highest BCUT2D eigenvalue weighted by Crippen LogP contribution is 2.28. The first-order valence-electron chi connectivity index (χ1n) is 3.91. The Labute approximate surface area is 63.4 Å². The van der Waals surface area contributed by atoms with Gasteiger partial charge in [-0.1, -0.05) is 20.8 Å². The van der Waals surface area contributed by atoms with Crippen molar-refractivity contribution in [3.05, 3.63) is 0 Å². The maximum atomic E-state index is 8.88. The normalized spacial score (nSPS) is 20.1. The van der Waals surface area contributed by atoms with Crippen molar-refractivity contribution in [1.82, 2.24) is 0 Å². The Morgan fingerprint density at radius 1 is 1.60 bits per heavy atom. The quantitative estimate of drug-likeness (QED) is 0.619. The molecular weight excluding hydrogens is 126 g/mol. The molecule has 0 aliphatic heterocycles. The number of rotatable bonds is 4. The standard InChI is InChI=1S/C8H19NO/c1-4-8(3,6-9)7(2)5-10/h7,10H,4-6,9H2,1-3H3. The first-order valence-corrected chi connectivity index (χ1v) is 3.91. The van der Waals surface area contributed by atoms with Crippen LogP contribution in [0.3, 0.4) is 0 Å². The zero-order valence-electron chi connectivity index (χ0n) is 7.22. The van der Waals surface area contributed by atoms with Gasteiger partial charge in [0.05, 0.1) is 0 Å². The molecule has 2 unspecified atom stereocenters. The van der Waals surface area contributed by atoms with Gasteiger partial charge in [0.25, 0.3) is 0 Å². The summed E-state index contributed by atoms with van der Waals surface area (Å²) in [6.45, 7) is 7.16. The molecule has 0 saturated carbocycles. The van der Waals surface area contributed by atoms with Gasteiger partial charge in [-0.3, -0.25) is 0 Å². The lowest BCUT2D eigenvalue weighted by Crippen LogP contribution is -2.34. The van der Waals surface area contributed by atoms with E-state index in [1.807, 2.05) is 6.92 Å². The minimum Gasteiger partial charge on any atom is -0.396 e. The zero-order valence-corrected chi connectivity index (χ0v) is 7.22. The van der Waals surface area contributed by atoms with Gasteiger partial charge in [0.1, 0.15) is 0 Å². The zero-order chi connectivity index (χ0) is 8.20. The lowest BCUT2D eigenvalue weighted by molar-refractivity contribution is 0.118. The van der Waals surface area contributed by atoms with Crippen molar-refractivity contribution < 1.29 is 5.11 Å². The summed E-state index contributed by atoms with van der Waals surface area (Å²) in [5.74, 6) is 0.308. The Kier molecular flexibility index (Phi) is 3.91. The van der Waals surface area contributed by atoms with Crippen LogP contribution in [-0.2, 0) is 0 Å². The largest absolute Gasteiger partial charge is 0.396 e. The van der Waals surface area contributed by atoms with Crippen LogP contribution in [0, 0.1) is 11.3 Å². The van der Waals surface area contributed by atoms with Crippen LogP contribution < -0.4 is 5.73 Å². The van der Waals surface area contributed by atoms with Gasteiger partial charge in [-0.05, 0) is 24.3 Å². The summed E-state index contributed by atoms with van der Waals surface area (Å²) in [5.41, 5.74) is 5.70. The molecule has 0 fully saturated rings. The maximum absolute atomic E-state index is 8.88. The molecule has 2 nitrogen and oxygen atoms in total. The smallest absolute Gasteiger partial charge is 0.0462 e. The van der Waals surface area contributed by atoms with Gasteiger partial charge in [-0.2, -0.15) is 0 Å². The molecule has 2 atom stereocenters. The van der Waals surface area contributed by atoms with Crippen LogP contribution in [0.4, 0.5) is 0 Å². The van der Waals surface area contributed by atoms with Crippen molar-refractivity contribution in [3.63, 3.8) is 0 Å². The summed E-state index contributed by atoms with van der Waals surface area (Å²) in [5, 5.41) is 8.88. The first kappa shape index (κ1) is 9.92. The van der Waals surface area contributed by atoms with Crippen LogP contribution in [0.25, 0.3) is 0 Å². The van der Waals surface area contributed by atoms with Crippen LogP contribution in [0.1, 0.15) is 27.2 Å². The minimum atomic E-state index is 0.120. The Bertz CT molecular complexity index is 89.3. The molecule has 0 aliphatic carbocycles. The fourth-order valence-electron chi connectivity index (χ4n) is 0.914. The number of hydrogen-bond acceptors (Lipinski definition) is 2. The van der Waals surface area contributed by atoms with Gasteiger partial charge in [-0.25, -0.2) is 0 Å². The molecule has 0 amide bonds. The topological polar surface area (TPSA) is 46.2 Å². The predicted octanol–water partition coefficient (Wildman–Crippen LogP) is 0.990. The van der Waals surface area contributed by atoms with Crippen LogP contribution in [-0.4, -0.2) is 18.3 Å². The van der Waals surface area contributed by atoms with Crippen LogP contribution in [0.15, 0.2) is 0 Å². The maximum Gasteiger partial charge on any atom is 0.0462 e. The second-order valence-corrected chi connectivity index (χ2v) is 3.30. The summed E-state index contributed by atoms with van der Waals surface area (Å²) in [4.78, 5) is 0. The Hall–Kier alpha value is -0.0800. The number of aliphatic hydroxyl groups excluding tert-OH is 1. The van der Waals surface area contributed by atoms with E-state index >= 15 is 0 Å². The van der Waals surface area contributed by atoms with E-state index in [9.17, 15) is 0 Å². The van der Waals surface area contributed by atoms with Gasteiger partial charge in [0, 0.05) is 6.61 Å². The third kappa shape index (κ3) is 1.96. The monoisotopic (exact) mass is 145 g/mol. The van der Waals surface area contributed by atoms with E-state index in [0.717, 1.165) is 6.42 Å². The summed E-state index contributed by atoms with van der Waals surface area (Å²) in [7, 11) is 0. The van der Waals surface area contributed by atoms with Gasteiger partial charge < -0.3 is 10.8 Å². The number of aliphatic hydroxyl groups is 1.